The van der Waals surface area contributed by atoms with Crippen LogP contribution in [-0.2, 0) is 20.7 Å². The quantitative estimate of drug-likeness (QED) is 0.585. The summed E-state index contributed by atoms with van der Waals surface area (Å²) in [5, 5.41) is 3.08. The Morgan fingerprint density at radius 2 is 1.89 bits per heavy atom. The molecule has 0 aliphatic heterocycles. The summed E-state index contributed by atoms with van der Waals surface area (Å²) in [5.74, 6) is 0.555. The largest absolute Gasteiger partial charge is 0.461 e. The van der Waals surface area contributed by atoms with Crippen molar-refractivity contribution in [2.75, 3.05) is 13.6 Å². The minimum Gasteiger partial charge on any atom is -0.461 e. The Hall–Kier alpha value is -1.72. The summed E-state index contributed by atoms with van der Waals surface area (Å²) in [6.07, 6.45) is 7.14. The van der Waals surface area contributed by atoms with E-state index in [1.165, 1.54) is 19.3 Å². The van der Waals surface area contributed by atoms with E-state index in [9.17, 15) is 4.79 Å². The molecule has 0 radical (unpaired) electrons. The Bertz CT molecular complexity index is 494. The van der Waals surface area contributed by atoms with Crippen molar-refractivity contribution >= 4 is 12.3 Å². The molecule has 3 atom stereocenters. The second kappa shape index (κ2) is 16.5. The first-order valence-corrected chi connectivity index (χ1v) is 10.1. The predicted octanol–water partition coefficient (Wildman–Crippen LogP) is 3.50. The van der Waals surface area contributed by atoms with Crippen LogP contribution >= 0.6 is 0 Å². The van der Waals surface area contributed by atoms with Gasteiger partial charge < -0.3 is 20.6 Å². The van der Waals surface area contributed by atoms with Crippen LogP contribution in [0.2, 0.25) is 0 Å². The standard InChI is InChI=1S/C17H25NO2.C3H8.C2H5NO/c1-13-7-6-10-15(11-13)20-17(19)16(18-2)12-14-8-4-3-5-9-14;1-3-2;3-1-2-4/h3-5,8-9,13,15-16,18H,6-7,10-12H2,1-2H3;3H2,1-2H3;2H,1,3H2. The summed E-state index contributed by atoms with van der Waals surface area (Å²) in [6, 6.07) is 9.81. The van der Waals surface area contributed by atoms with Gasteiger partial charge in [0.2, 0.25) is 0 Å². The average Bonchev–Trinajstić information content (AvgIpc) is 2.67. The lowest BCUT2D eigenvalue weighted by atomic mass is 9.88. The molecule has 1 aromatic carbocycles. The molecule has 0 amide bonds. The van der Waals surface area contributed by atoms with E-state index in [-0.39, 0.29) is 24.7 Å². The maximum atomic E-state index is 12.3. The third-order valence-electron chi connectivity index (χ3n) is 4.18. The van der Waals surface area contributed by atoms with E-state index in [1.54, 1.807) is 0 Å². The van der Waals surface area contributed by atoms with Gasteiger partial charge in [-0.15, -0.1) is 0 Å². The van der Waals surface area contributed by atoms with E-state index in [4.69, 9.17) is 9.53 Å². The van der Waals surface area contributed by atoms with Gasteiger partial charge in [0.25, 0.3) is 0 Å². The predicted molar refractivity (Wildman–Crippen MR) is 112 cm³/mol. The second-order valence-electron chi connectivity index (χ2n) is 6.97. The molecule has 1 saturated carbocycles. The van der Waals surface area contributed by atoms with E-state index < -0.39 is 0 Å². The van der Waals surface area contributed by atoms with Crippen LogP contribution in [-0.4, -0.2) is 38.0 Å². The zero-order valence-corrected chi connectivity index (χ0v) is 17.4. The van der Waals surface area contributed by atoms with Gasteiger partial charge in [-0.3, -0.25) is 4.79 Å². The van der Waals surface area contributed by atoms with Crippen molar-refractivity contribution in [3.8, 4) is 0 Å². The summed E-state index contributed by atoms with van der Waals surface area (Å²) in [6.45, 7) is 6.62. The number of ether oxygens (including phenoxy) is 1. The molecular weight excluding hydrogens is 340 g/mol. The molecule has 0 saturated heterocycles. The van der Waals surface area contributed by atoms with Gasteiger partial charge in [0.05, 0.1) is 0 Å². The Morgan fingerprint density at radius 1 is 1.30 bits per heavy atom. The molecule has 1 aliphatic rings. The first kappa shape index (κ1) is 25.3. The van der Waals surface area contributed by atoms with E-state index in [2.05, 4.69) is 31.8 Å². The molecule has 154 valence electrons. The highest BCUT2D eigenvalue weighted by atomic mass is 16.5. The van der Waals surface area contributed by atoms with Gasteiger partial charge in [0.1, 0.15) is 18.4 Å². The van der Waals surface area contributed by atoms with Crippen LogP contribution in [0.5, 0.6) is 0 Å². The van der Waals surface area contributed by atoms with E-state index in [0.29, 0.717) is 18.6 Å². The number of esters is 1. The minimum atomic E-state index is -0.255. The first-order chi connectivity index (χ1) is 13.0. The van der Waals surface area contributed by atoms with Crippen LogP contribution in [0.15, 0.2) is 30.3 Å². The number of aldehydes is 1. The molecule has 1 aliphatic carbocycles. The lowest BCUT2D eigenvalue weighted by molar-refractivity contribution is -0.153. The number of nitrogens with one attached hydrogen (secondary N) is 1. The number of likely N-dealkylation sites (N-methyl/N-ethyl adjacent to an activating group) is 1. The maximum absolute atomic E-state index is 12.3. The fourth-order valence-electron chi connectivity index (χ4n) is 2.88. The van der Waals surface area contributed by atoms with Gasteiger partial charge in [0, 0.05) is 6.54 Å². The number of rotatable bonds is 6. The van der Waals surface area contributed by atoms with Crippen molar-refractivity contribution in [1.82, 2.24) is 5.32 Å². The molecule has 27 heavy (non-hydrogen) atoms. The molecule has 5 nitrogen and oxygen atoms in total. The Labute approximate surface area is 165 Å². The highest BCUT2D eigenvalue weighted by Gasteiger charge is 2.26. The molecule has 3 N–H and O–H groups in total. The molecule has 1 fully saturated rings. The van der Waals surface area contributed by atoms with E-state index in [0.717, 1.165) is 18.4 Å². The molecule has 0 aromatic heterocycles. The number of benzene rings is 1. The molecular formula is C22H38N2O3. The van der Waals surface area contributed by atoms with Gasteiger partial charge in [-0.2, -0.15) is 0 Å². The van der Waals surface area contributed by atoms with Gasteiger partial charge >= 0.3 is 5.97 Å². The average molecular weight is 379 g/mol. The topological polar surface area (TPSA) is 81.4 Å². The van der Waals surface area contributed by atoms with Crippen LogP contribution in [0.25, 0.3) is 0 Å². The molecule has 1 aromatic rings. The summed E-state index contributed by atoms with van der Waals surface area (Å²) in [4.78, 5) is 21.3. The number of nitrogens with two attached hydrogens (primary N) is 1. The van der Waals surface area contributed by atoms with Gasteiger partial charge in [-0.05, 0) is 44.2 Å². The molecule has 5 heteroatoms. The smallest absolute Gasteiger partial charge is 0.323 e. The van der Waals surface area contributed by atoms with E-state index in [1.807, 2.05) is 37.4 Å². The van der Waals surface area contributed by atoms with Crippen molar-refractivity contribution in [3.63, 3.8) is 0 Å². The third kappa shape index (κ3) is 12.3. The third-order valence-corrected chi connectivity index (χ3v) is 4.18. The van der Waals surface area contributed by atoms with Crippen LogP contribution in [0.1, 0.15) is 58.4 Å². The van der Waals surface area contributed by atoms with Crippen LogP contribution in [0.3, 0.4) is 0 Å². The minimum absolute atomic E-state index is 0.109. The summed E-state index contributed by atoms with van der Waals surface area (Å²) >= 11 is 0. The van der Waals surface area contributed by atoms with Crippen LogP contribution < -0.4 is 11.1 Å². The Morgan fingerprint density at radius 3 is 2.37 bits per heavy atom. The van der Waals surface area contributed by atoms with E-state index >= 15 is 0 Å². The zero-order chi connectivity index (χ0) is 20.5. The van der Waals surface area contributed by atoms with Crippen molar-refractivity contribution in [3.05, 3.63) is 35.9 Å². The van der Waals surface area contributed by atoms with Crippen molar-refractivity contribution in [2.45, 2.75) is 71.4 Å². The first-order valence-electron chi connectivity index (χ1n) is 10.1. The SMILES string of the molecule is CCC.CNC(Cc1ccccc1)C(=O)OC1CCCC(C)C1.NCC=O. The highest BCUT2D eigenvalue weighted by molar-refractivity contribution is 5.76. The summed E-state index contributed by atoms with van der Waals surface area (Å²) in [5.41, 5.74) is 5.81. The van der Waals surface area contributed by atoms with Crippen molar-refractivity contribution in [2.24, 2.45) is 11.7 Å². The van der Waals surface area contributed by atoms with Crippen molar-refractivity contribution in [1.29, 1.82) is 0 Å². The lowest BCUT2D eigenvalue weighted by Gasteiger charge is -2.28. The highest BCUT2D eigenvalue weighted by Crippen LogP contribution is 2.26. The number of hydrogen-bond donors (Lipinski definition) is 2. The fourth-order valence-corrected chi connectivity index (χ4v) is 2.88. The van der Waals surface area contributed by atoms with Gasteiger partial charge in [-0.25, -0.2) is 0 Å². The Balaban J connectivity index is 0.000000836. The summed E-state index contributed by atoms with van der Waals surface area (Å²) < 4.78 is 5.69. The fraction of sp³-hybridized carbons (Fsp3) is 0.636. The lowest BCUT2D eigenvalue weighted by Crippen LogP contribution is -2.40. The van der Waals surface area contributed by atoms with Crippen LogP contribution in [0.4, 0.5) is 0 Å². The van der Waals surface area contributed by atoms with Crippen LogP contribution in [0, 0.1) is 5.92 Å². The summed E-state index contributed by atoms with van der Waals surface area (Å²) in [7, 11) is 1.82. The normalized spacial score (nSPS) is 19.4. The van der Waals surface area contributed by atoms with Gasteiger partial charge in [0.15, 0.2) is 0 Å². The maximum Gasteiger partial charge on any atom is 0.323 e. The Kier molecular flexibility index (Phi) is 15.4. The monoisotopic (exact) mass is 378 g/mol. The zero-order valence-electron chi connectivity index (χ0n) is 17.4. The number of hydrogen-bond acceptors (Lipinski definition) is 5. The number of carbonyl (C=O) groups is 2. The van der Waals surface area contributed by atoms with Gasteiger partial charge in [-0.1, -0.05) is 63.9 Å². The molecule has 3 unspecified atom stereocenters. The molecule has 0 heterocycles. The molecule has 0 spiro atoms. The second-order valence-corrected chi connectivity index (χ2v) is 6.97. The molecule has 2 rings (SSSR count). The van der Waals surface area contributed by atoms with Crippen molar-refractivity contribution < 1.29 is 14.3 Å². The molecule has 0 bridgehead atoms. The number of carbonyl (C=O) groups excluding carboxylic acids is 2.